The minimum atomic E-state index is 0.130. The Hall–Kier alpha value is -3.94. The van der Waals surface area contributed by atoms with E-state index in [1.165, 1.54) is 0 Å². The highest BCUT2D eigenvalue weighted by atomic mass is 35.5. The number of halogens is 1. The maximum absolute atomic E-state index is 8.98. The summed E-state index contributed by atoms with van der Waals surface area (Å²) in [5, 5.41) is 32.3. The van der Waals surface area contributed by atoms with E-state index >= 15 is 0 Å². The van der Waals surface area contributed by atoms with Crippen molar-refractivity contribution in [2.75, 3.05) is 10.6 Å². The molecule has 3 rings (SSSR count). The van der Waals surface area contributed by atoms with Gasteiger partial charge in [0, 0.05) is 16.9 Å². The lowest BCUT2D eigenvalue weighted by atomic mass is 10.0. The van der Waals surface area contributed by atoms with Crippen LogP contribution in [0.2, 0.25) is 5.15 Å². The van der Waals surface area contributed by atoms with E-state index in [0.717, 1.165) is 28.1 Å². The molecule has 0 bridgehead atoms. The first-order valence-corrected chi connectivity index (χ1v) is 9.41. The Kier molecular flexibility index (Phi) is 6.26. The van der Waals surface area contributed by atoms with Crippen LogP contribution in [-0.2, 0) is 0 Å². The lowest BCUT2D eigenvalue weighted by molar-refractivity contribution is 0.981. The molecule has 2 aromatic carbocycles. The molecule has 2 N–H and O–H groups in total. The van der Waals surface area contributed by atoms with Crippen LogP contribution in [-0.4, -0.2) is 15.2 Å². The number of nitrogens with one attached hydrogen (secondary N) is 2. The van der Waals surface area contributed by atoms with Gasteiger partial charge in [0.25, 0.3) is 0 Å². The molecule has 0 saturated carbocycles. The van der Waals surface area contributed by atoms with Gasteiger partial charge in [-0.25, -0.2) is 0 Å². The molecule has 0 aliphatic heterocycles. The van der Waals surface area contributed by atoms with Gasteiger partial charge in [0.15, 0.2) is 11.0 Å². The number of nitrogens with zero attached hydrogens (tertiary/aromatic N) is 5. The Morgan fingerprint density at radius 1 is 1.03 bits per heavy atom. The zero-order valence-corrected chi connectivity index (χ0v) is 17.4. The van der Waals surface area contributed by atoms with Crippen molar-refractivity contribution in [1.82, 2.24) is 15.2 Å². The van der Waals surface area contributed by atoms with Crippen molar-refractivity contribution in [2.45, 2.75) is 20.8 Å². The second-order valence-electron chi connectivity index (χ2n) is 6.68. The fourth-order valence-electron chi connectivity index (χ4n) is 2.88. The van der Waals surface area contributed by atoms with E-state index in [1.54, 1.807) is 31.2 Å². The number of aromatic nitrogens is 3. The maximum atomic E-state index is 8.98. The molecular formula is C22H18ClN7. The van der Waals surface area contributed by atoms with E-state index in [-0.39, 0.29) is 5.15 Å². The van der Waals surface area contributed by atoms with Crippen molar-refractivity contribution < 1.29 is 0 Å². The molecule has 1 heterocycles. The van der Waals surface area contributed by atoms with E-state index in [4.69, 9.17) is 22.1 Å². The van der Waals surface area contributed by atoms with Crippen molar-refractivity contribution in [2.24, 2.45) is 0 Å². The first-order valence-electron chi connectivity index (χ1n) is 9.03. The molecule has 0 spiro atoms. The number of anilines is 4. The molecule has 30 heavy (non-hydrogen) atoms. The van der Waals surface area contributed by atoms with Crippen molar-refractivity contribution in [3.05, 3.63) is 69.4 Å². The molecular weight excluding hydrogens is 398 g/mol. The van der Waals surface area contributed by atoms with Gasteiger partial charge < -0.3 is 10.6 Å². The number of rotatable bonds is 5. The third kappa shape index (κ3) is 4.91. The van der Waals surface area contributed by atoms with Crippen molar-refractivity contribution in [1.29, 1.82) is 10.5 Å². The Balaban J connectivity index is 1.86. The monoisotopic (exact) mass is 415 g/mol. The van der Waals surface area contributed by atoms with Crippen molar-refractivity contribution >= 4 is 40.8 Å². The third-order valence-electron chi connectivity index (χ3n) is 4.27. The van der Waals surface area contributed by atoms with Crippen LogP contribution in [0.5, 0.6) is 0 Å². The summed E-state index contributed by atoms with van der Waals surface area (Å²) >= 11 is 6.14. The lowest BCUT2D eigenvalue weighted by Crippen LogP contribution is -2.05. The maximum Gasteiger partial charge on any atom is 0.249 e. The first kappa shape index (κ1) is 20.8. The van der Waals surface area contributed by atoms with Crippen LogP contribution in [0.15, 0.2) is 42.0 Å². The van der Waals surface area contributed by atoms with Crippen molar-refractivity contribution in [3.63, 3.8) is 0 Å². The Morgan fingerprint density at radius 3 is 2.30 bits per heavy atom. The Morgan fingerprint density at radius 2 is 1.70 bits per heavy atom. The van der Waals surface area contributed by atoms with E-state index in [9.17, 15) is 0 Å². The standard InChI is InChI=1S/C22H18ClN7/c1-13(11-24)8-17-9-14(2)19(15(3)10-17)27-22-28-21(20(23)29-30-22)26-18-6-4-16(12-25)5-7-18/h4-10H,1-3H3,(H2,26,27,28,30). The average Bonchev–Trinajstić information content (AvgIpc) is 2.73. The van der Waals surface area contributed by atoms with Gasteiger partial charge in [-0.05, 0) is 79.9 Å². The van der Waals surface area contributed by atoms with Gasteiger partial charge in [-0.1, -0.05) is 11.6 Å². The van der Waals surface area contributed by atoms with Crippen LogP contribution in [0.4, 0.5) is 23.1 Å². The third-order valence-corrected chi connectivity index (χ3v) is 4.53. The summed E-state index contributed by atoms with van der Waals surface area (Å²) in [5.41, 5.74) is 5.68. The largest absolute Gasteiger partial charge is 0.337 e. The summed E-state index contributed by atoms with van der Waals surface area (Å²) in [6.45, 7) is 5.70. The summed E-state index contributed by atoms with van der Waals surface area (Å²) in [5.74, 6) is 0.636. The molecule has 0 radical (unpaired) electrons. The molecule has 8 heteroatoms. The van der Waals surface area contributed by atoms with Crippen LogP contribution in [0.1, 0.15) is 29.2 Å². The summed E-state index contributed by atoms with van der Waals surface area (Å²) in [7, 11) is 0. The minimum absolute atomic E-state index is 0.130. The highest BCUT2D eigenvalue weighted by Gasteiger charge is 2.11. The van der Waals surface area contributed by atoms with Gasteiger partial charge in [-0.15, -0.1) is 10.2 Å². The minimum Gasteiger partial charge on any atom is -0.337 e. The average molecular weight is 416 g/mol. The van der Waals surface area contributed by atoms with Gasteiger partial charge in [-0.2, -0.15) is 15.5 Å². The number of aryl methyl sites for hydroxylation is 2. The molecule has 0 unspecified atom stereocenters. The first-order chi connectivity index (χ1) is 14.4. The number of hydrogen-bond donors (Lipinski definition) is 2. The quantitative estimate of drug-likeness (QED) is 0.534. The van der Waals surface area contributed by atoms with E-state index in [1.807, 2.05) is 32.1 Å². The van der Waals surface area contributed by atoms with Crippen LogP contribution < -0.4 is 10.6 Å². The molecule has 7 nitrogen and oxygen atoms in total. The highest BCUT2D eigenvalue weighted by Crippen LogP contribution is 2.27. The molecule has 0 saturated heterocycles. The summed E-state index contributed by atoms with van der Waals surface area (Å²) in [6.07, 6.45) is 1.84. The van der Waals surface area contributed by atoms with Gasteiger partial charge in [0.05, 0.1) is 17.7 Å². The number of hydrogen-bond acceptors (Lipinski definition) is 7. The lowest BCUT2D eigenvalue weighted by Gasteiger charge is -2.14. The van der Waals surface area contributed by atoms with E-state index < -0.39 is 0 Å². The summed E-state index contributed by atoms with van der Waals surface area (Å²) in [4.78, 5) is 4.42. The number of allylic oxidation sites excluding steroid dienone is 1. The zero-order chi connectivity index (χ0) is 21.7. The molecule has 0 aliphatic rings. The molecule has 0 fully saturated rings. The van der Waals surface area contributed by atoms with E-state index in [0.29, 0.717) is 22.9 Å². The number of benzene rings is 2. The van der Waals surface area contributed by atoms with Crippen LogP contribution in [0.3, 0.4) is 0 Å². The fourth-order valence-corrected chi connectivity index (χ4v) is 3.01. The Labute approximate surface area is 179 Å². The molecule has 0 aliphatic carbocycles. The topological polar surface area (TPSA) is 110 Å². The molecule has 3 aromatic rings. The summed E-state index contributed by atoms with van der Waals surface area (Å²) in [6, 6.07) is 15.1. The van der Waals surface area contributed by atoms with E-state index in [2.05, 4.69) is 38.0 Å². The zero-order valence-electron chi connectivity index (χ0n) is 16.7. The van der Waals surface area contributed by atoms with Gasteiger partial charge in [0.1, 0.15) is 0 Å². The predicted molar refractivity (Wildman–Crippen MR) is 118 cm³/mol. The van der Waals surface area contributed by atoms with Crippen LogP contribution in [0.25, 0.3) is 6.08 Å². The SMILES string of the molecule is CC(C#N)=Cc1cc(C)c(Nc2nnc(Cl)c(Nc3ccc(C#N)cc3)n2)c(C)c1. The number of nitriles is 2. The highest BCUT2D eigenvalue weighted by molar-refractivity contribution is 6.31. The Bertz CT molecular complexity index is 1180. The van der Waals surface area contributed by atoms with Crippen LogP contribution in [0, 0.1) is 36.5 Å². The fraction of sp³-hybridized carbons (Fsp3) is 0.136. The predicted octanol–water partition coefficient (Wildman–Crippen LogP) is 5.43. The summed E-state index contributed by atoms with van der Waals surface area (Å²) < 4.78 is 0. The second-order valence-corrected chi connectivity index (χ2v) is 7.04. The van der Waals surface area contributed by atoms with Gasteiger partial charge >= 0.3 is 0 Å². The molecule has 1 aromatic heterocycles. The molecule has 0 atom stereocenters. The second kappa shape index (κ2) is 9.04. The van der Waals surface area contributed by atoms with Crippen LogP contribution >= 0.6 is 11.6 Å². The van der Waals surface area contributed by atoms with Crippen molar-refractivity contribution in [3.8, 4) is 12.1 Å². The smallest absolute Gasteiger partial charge is 0.249 e. The molecule has 148 valence electrons. The molecule has 0 amide bonds. The van der Waals surface area contributed by atoms with Gasteiger partial charge in [-0.3, -0.25) is 0 Å². The van der Waals surface area contributed by atoms with Gasteiger partial charge in [0.2, 0.25) is 5.95 Å². The normalized spacial score (nSPS) is 10.8.